The van der Waals surface area contributed by atoms with Crippen molar-refractivity contribution >= 4 is 20.2 Å². The highest BCUT2D eigenvalue weighted by Gasteiger charge is 2.25. The molecule has 7 nitrogen and oxygen atoms in total. The molecule has 0 radical (unpaired) electrons. The van der Waals surface area contributed by atoms with Crippen molar-refractivity contribution in [3.8, 4) is 0 Å². The van der Waals surface area contributed by atoms with Crippen LogP contribution in [0, 0.1) is 0 Å². The third kappa shape index (κ3) is 22.5. The highest BCUT2D eigenvalue weighted by molar-refractivity contribution is 7.86. The van der Waals surface area contributed by atoms with Gasteiger partial charge in [0.05, 0.1) is 12.2 Å². The third-order valence-corrected chi connectivity index (χ3v) is 6.77. The summed E-state index contributed by atoms with van der Waals surface area (Å²) < 4.78 is 67.3. The lowest BCUT2D eigenvalue weighted by Gasteiger charge is -2.20. The van der Waals surface area contributed by atoms with Gasteiger partial charge in [-0.2, -0.15) is 16.8 Å². The molecule has 0 saturated heterocycles. The highest BCUT2D eigenvalue weighted by Crippen LogP contribution is 2.15. The van der Waals surface area contributed by atoms with Crippen molar-refractivity contribution in [3.63, 3.8) is 0 Å². The topological polar surface area (TPSA) is 118 Å². The van der Waals surface area contributed by atoms with E-state index in [2.05, 4.69) is 6.92 Å². The molecular weight excluding hydrogens is 428 g/mol. The molecule has 0 heterocycles. The zero-order valence-corrected chi connectivity index (χ0v) is 20.6. The summed E-state index contributed by atoms with van der Waals surface area (Å²) in [5.41, 5.74) is 0. The van der Waals surface area contributed by atoms with Crippen LogP contribution in [0.1, 0.15) is 110 Å². The van der Waals surface area contributed by atoms with Crippen LogP contribution in [0.25, 0.3) is 0 Å². The lowest BCUT2D eigenvalue weighted by atomic mass is 10.0. The van der Waals surface area contributed by atoms with E-state index >= 15 is 0 Å². The Bertz CT molecular complexity index is 569. The molecule has 0 spiro atoms. The standard InChI is InChI=1S/C21H44O7S2/c1-3-4-5-6-7-8-9-10-11-12-13-14-15-16-17-20(2)28-21(18-29(22,23)24)19-30(25,26)27/h20-21H,3-19H2,1-2H3,(H,22,23,24)(H,25,26,27). The quantitative estimate of drug-likeness (QED) is 0.169. The third-order valence-electron chi connectivity index (χ3n) is 5.18. The molecule has 0 aliphatic rings. The van der Waals surface area contributed by atoms with Gasteiger partial charge in [-0.05, 0) is 13.3 Å². The van der Waals surface area contributed by atoms with Gasteiger partial charge >= 0.3 is 0 Å². The van der Waals surface area contributed by atoms with Gasteiger partial charge in [0.2, 0.25) is 0 Å². The summed E-state index contributed by atoms with van der Waals surface area (Å²) in [6, 6.07) is 0. The van der Waals surface area contributed by atoms with Gasteiger partial charge in [0.25, 0.3) is 20.2 Å². The van der Waals surface area contributed by atoms with Crippen LogP contribution in [0.5, 0.6) is 0 Å². The van der Waals surface area contributed by atoms with E-state index in [-0.39, 0.29) is 6.10 Å². The van der Waals surface area contributed by atoms with Gasteiger partial charge in [0.1, 0.15) is 11.5 Å². The Hall–Kier alpha value is -0.220. The van der Waals surface area contributed by atoms with Crippen LogP contribution in [0.4, 0.5) is 0 Å². The second-order valence-electron chi connectivity index (χ2n) is 8.45. The summed E-state index contributed by atoms with van der Waals surface area (Å²) >= 11 is 0. The number of unbranched alkanes of at least 4 members (excludes halogenated alkanes) is 13. The molecule has 1 unspecified atom stereocenters. The average Bonchev–Trinajstić information content (AvgIpc) is 2.59. The van der Waals surface area contributed by atoms with Crippen LogP contribution in [0.3, 0.4) is 0 Å². The second kappa shape index (κ2) is 17.3. The smallest absolute Gasteiger partial charge is 0.267 e. The molecule has 182 valence electrons. The lowest BCUT2D eigenvalue weighted by Crippen LogP contribution is -2.33. The molecule has 0 fully saturated rings. The molecule has 0 saturated carbocycles. The van der Waals surface area contributed by atoms with Crippen LogP contribution < -0.4 is 0 Å². The van der Waals surface area contributed by atoms with Crippen LogP contribution in [-0.4, -0.2) is 49.7 Å². The first-order valence-electron chi connectivity index (χ1n) is 11.6. The number of ether oxygens (including phenoxy) is 1. The van der Waals surface area contributed by atoms with Gasteiger partial charge in [0, 0.05) is 0 Å². The minimum Gasteiger partial charge on any atom is -0.373 e. The van der Waals surface area contributed by atoms with E-state index in [9.17, 15) is 16.8 Å². The Kier molecular flexibility index (Phi) is 17.2. The van der Waals surface area contributed by atoms with Gasteiger partial charge in [-0.3, -0.25) is 9.11 Å². The van der Waals surface area contributed by atoms with E-state index in [0.717, 1.165) is 19.3 Å². The highest BCUT2D eigenvalue weighted by atomic mass is 32.2. The summed E-state index contributed by atoms with van der Waals surface area (Å²) in [5, 5.41) is 0. The van der Waals surface area contributed by atoms with E-state index in [4.69, 9.17) is 13.8 Å². The largest absolute Gasteiger partial charge is 0.373 e. The van der Waals surface area contributed by atoms with Crippen LogP contribution in [-0.2, 0) is 25.0 Å². The maximum atomic E-state index is 11.0. The van der Waals surface area contributed by atoms with Gasteiger partial charge < -0.3 is 4.74 Å². The van der Waals surface area contributed by atoms with Crippen molar-refractivity contribution in [3.05, 3.63) is 0 Å². The first-order chi connectivity index (χ1) is 14.0. The van der Waals surface area contributed by atoms with Gasteiger partial charge in [-0.25, -0.2) is 0 Å². The maximum absolute atomic E-state index is 11.0. The summed E-state index contributed by atoms with van der Waals surface area (Å²) in [6.45, 7) is 3.98. The van der Waals surface area contributed by atoms with Crippen molar-refractivity contribution in [2.24, 2.45) is 0 Å². The average molecular weight is 473 g/mol. The Morgan fingerprint density at radius 1 is 0.633 bits per heavy atom. The zero-order valence-electron chi connectivity index (χ0n) is 18.9. The van der Waals surface area contributed by atoms with E-state index in [1.807, 2.05) is 0 Å². The molecule has 0 aliphatic heterocycles. The Balaban J connectivity index is 3.72. The zero-order chi connectivity index (χ0) is 22.9. The molecule has 2 N–H and O–H groups in total. The fraction of sp³-hybridized carbons (Fsp3) is 1.00. The van der Waals surface area contributed by atoms with E-state index in [1.54, 1.807) is 6.92 Å². The number of hydrogen-bond donors (Lipinski definition) is 2. The van der Waals surface area contributed by atoms with Crippen molar-refractivity contribution in [2.75, 3.05) is 11.5 Å². The number of rotatable bonds is 21. The molecular formula is C21H44O7S2. The molecule has 0 aromatic heterocycles. The normalized spacial score (nSPS) is 13.8. The fourth-order valence-corrected chi connectivity index (χ4v) is 5.10. The van der Waals surface area contributed by atoms with Gasteiger partial charge in [-0.15, -0.1) is 0 Å². The Labute approximate surface area is 184 Å². The molecule has 30 heavy (non-hydrogen) atoms. The summed E-state index contributed by atoms with van der Waals surface area (Å²) in [7, 11) is -8.78. The van der Waals surface area contributed by atoms with Crippen LogP contribution in [0.15, 0.2) is 0 Å². The Morgan fingerprint density at radius 2 is 0.967 bits per heavy atom. The predicted molar refractivity (Wildman–Crippen MR) is 122 cm³/mol. The molecule has 1 atom stereocenters. The minimum atomic E-state index is -4.39. The first-order valence-corrected chi connectivity index (χ1v) is 14.8. The van der Waals surface area contributed by atoms with Crippen LogP contribution in [0.2, 0.25) is 0 Å². The van der Waals surface area contributed by atoms with Gasteiger partial charge in [-0.1, -0.05) is 96.8 Å². The van der Waals surface area contributed by atoms with E-state index < -0.39 is 37.8 Å². The van der Waals surface area contributed by atoms with Crippen molar-refractivity contribution in [1.82, 2.24) is 0 Å². The molecule has 0 bridgehead atoms. The maximum Gasteiger partial charge on any atom is 0.267 e. The lowest BCUT2D eigenvalue weighted by molar-refractivity contribution is 0.0152. The molecule has 9 heteroatoms. The van der Waals surface area contributed by atoms with Crippen molar-refractivity contribution < 1.29 is 30.7 Å². The predicted octanol–water partition coefficient (Wildman–Crippen LogP) is 5.41. The minimum absolute atomic E-state index is 0.351. The van der Waals surface area contributed by atoms with E-state index in [1.165, 1.54) is 70.6 Å². The summed E-state index contributed by atoms with van der Waals surface area (Å²) in [5.74, 6) is -1.70. The van der Waals surface area contributed by atoms with Crippen LogP contribution >= 0.6 is 0 Å². The fourth-order valence-electron chi connectivity index (χ4n) is 3.62. The SMILES string of the molecule is CCCCCCCCCCCCCCCCC(C)OC(CS(=O)(=O)O)CS(=O)(=O)O. The summed E-state index contributed by atoms with van der Waals surface area (Å²) in [6.07, 6.45) is 16.7. The molecule has 0 amide bonds. The van der Waals surface area contributed by atoms with Crippen molar-refractivity contribution in [1.29, 1.82) is 0 Å². The second-order valence-corrected chi connectivity index (χ2v) is 11.4. The Morgan fingerprint density at radius 3 is 1.30 bits per heavy atom. The van der Waals surface area contributed by atoms with Crippen molar-refractivity contribution in [2.45, 2.75) is 122 Å². The molecule has 0 rings (SSSR count). The first kappa shape index (κ1) is 29.8. The molecule has 0 aromatic carbocycles. The summed E-state index contributed by atoms with van der Waals surface area (Å²) in [4.78, 5) is 0. The van der Waals surface area contributed by atoms with E-state index in [0.29, 0.717) is 6.42 Å². The monoisotopic (exact) mass is 472 g/mol. The molecule has 0 aromatic rings. The number of hydrogen-bond acceptors (Lipinski definition) is 5. The molecule has 0 aliphatic carbocycles. The van der Waals surface area contributed by atoms with Gasteiger partial charge in [0.15, 0.2) is 0 Å².